The van der Waals surface area contributed by atoms with E-state index in [1.807, 2.05) is 43.3 Å². The van der Waals surface area contributed by atoms with Crippen LogP contribution >= 0.6 is 27.5 Å². The first-order valence-electron chi connectivity index (χ1n) is 5.96. The van der Waals surface area contributed by atoms with E-state index in [0.717, 1.165) is 31.9 Å². The molecule has 0 heterocycles. The van der Waals surface area contributed by atoms with Crippen LogP contribution in [0.25, 0.3) is 0 Å². The molecule has 0 aliphatic carbocycles. The van der Waals surface area contributed by atoms with Gasteiger partial charge in [0.05, 0.1) is 4.47 Å². The number of aryl methyl sites for hydroxylation is 1. The molecule has 0 amide bonds. The number of hydrogen-bond acceptors (Lipinski definition) is 2. The van der Waals surface area contributed by atoms with Gasteiger partial charge < -0.3 is 10.5 Å². The Labute approximate surface area is 126 Å². The molecule has 0 aliphatic rings. The van der Waals surface area contributed by atoms with Crippen LogP contribution in [0.4, 0.5) is 0 Å². The second-order valence-electron chi connectivity index (χ2n) is 4.35. The number of nitrogens with two attached hydrogens (primary N) is 1. The van der Waals surface area contributed by atoms with E-state index in [2.05, 4.69) is 15.9 Å². The SMILES string of the molecule is Cc1ccc(COc2ccc(CN)cc2Br)c(Cl)c1. The van der Waals surface area contributed by atoms with Crippen molar-refractivity contribution in [3.63, 3.8) is 0 Å². The van der Waals surface area contributed by atoms with Crippen molar-refractivity contribution in [1.29, 1.82) is 0 Å². The van der Waals surface area contributed by atoms with Crippen molar-refractivity contribution in [2.75, 3.05) is 0 Å². The van der Waals surface area contributed by atoms with E-state index in [4.69, 9.17) is 22.1 Å². The summed E-state index contributed by atoms with van der Waals surface area (Å²) in [4.78, 5) is 0. The number of hydrogen-bond donors (Lipinski definition) is 1. The lowest BCUT2D eigenvalue weighted by atomic mass is 10.1. The minimum absolute atomic E-state index is 0.444. The zero-order valence-corrected chi connectivity index (χ0v) is 13.0. The smallest absolute Gasteiger partial charge is 0.134 e. The Bertz CT molecular complexity index is 586. The van der Waals surface area contributed by atoms with Crippen LogP contribution in [0.1, 0.15) is 16.7 Å². The third kappa shape index (κ3) is 3.72. The van der Waals surface area contributed by atoms with Crippen molar-refractivity contribution in [1.82, 2.24) is 0 Å². The fraction of sp³-hybridized carbons (Fsp3) is 0.200. The largest absolute Gasteiger partial charge is 0.488 e. The summed E-state index contributed by atoms with van der Waals surface area (Å²) in [6.07, 6.45) is 0. The molecule has 0 aliphatic heterocycles. The highest BCUT2D eigenvalue weighted by atomic mass is 79.9. The van der Waals surface area contributed by atoms with Crippen LogP contribution in [0.3, 0.4) is 0 Å². The average molecular weight is 341 g/mol. The molecule has 0 radical (unpaired) electrons. The van der Waals surface area contributed by atoms with Gasteiger partial charge in [0, 0.05) is 17.1 Å². The minimum atomic E-state index is 0.444. The van der Waals surface area contributed by atoms with E-state index < -0.39 is 0 Å². The molecule has 0 atom stereocenters. The van der Waals surface area contributed by atoms with Gasteiger partial charge in [0.1, 0.15) is 12.4 Å². The van der Waals surface area contributed by atoms with Gasteiger partial charge in [0.2, 0.25) is 0 Å². The monoisotopic (exact) mass is 339 g/mol. The molecule has 0 unspecified atom stereocenters. The van der Waals surface area contributed by atoms with Gasteiger partial charge in [-0.1, -0.05) is 29.8 Å². The van der Waals surface area contributed by atoms with Gasteiger partial charge in [0.25, 0.3) is 0 Å². The van der Waals surface area contributed by atoms with Crippen molar-refractivity contribution in [3.05, 3.63) is 62.6 Å². The third-order valence-corrected chi connectivity index (χ3v) is 3.80. The van der Waals surface area contributed by atoms with Crippen molar-refractivity contribution in [2.45, 2.75) is 20.1 Å². The zero-order chi connectivity index (χ0) is 13.8. The molecule has 0 aromatic heterocycles. The lowest BCUT2D eigenvalue weighted by Crippen LogP contribution is -1.99. The molecular formula is C15H15BrClNO. The van der Waals surface area contributed by atoms with Crippen LogP contribution in [0.15, 0.2) is 40.9 Å². The van der Waals surface area contributed by atoms with Gasteiger partial charge in [-0.05, 0) is 52.2 Å². The van der Waals surface area contributed by atoms with Gasteiger partial charge in [-0.25, -0.2) is 0 Å². The zero-order valence-electron chi connectivity index (χ0n) is 10.6. The van der Waals surface area contributed by atoms with E-state index in [-0.39, 0.29) is 0 Å². The van der Waals surface area contributed by atoms with E-state index in [9.17, 15) is 0 Å². The highest BCUT2D eigenvalue weighted by Crippen LogP contribution is 2.27. The minimum Gasteiger partial charge on any atom is -0.488 e. The topological polar surface area (TPSA) is 35.2 Å². The summed E-state index contributed by atoms with van der Waals surface area (Å²) in [5, 5.41) is 0.731. The quantitative estimate of drug-likeness (QED) is 0.892. The van der Waals surface area contributed by atoms with Gasteiger partial charge in [0.15, 0.2) is 0 Å². The molecule has 0 bridgehead atoms. The second kappa shape index (κ2) is 6.42. The number of benzene rings is 2. The van der Waals surface area contributed by atoms with Gasteiger partial charge in [-0.15, -0.1) is 0 Å². The fourth-order valence-electron chi connectivity index (χ4n) is 1.71. The second-order valence-corrected chi connectivity index (χ2v) is 5.61. The summed E-state index contributed by atoms with van der Waals surface area (Å²) in [5.74, 6) is 0.786. The fourth-order valence-corrected chi connectivity index (χ4v) is 2.54. The molecule has 0 saturated carbocycles. The van der Waals surface area contributed by atoms with Crippen molar-refractivity contribution in [2.24, 2.45) is 5.73 Å². The molecule has 0 spiro atoms. The molecule has 2 aromatic rings. The van der Waals surface area contributed by atoms with Crippen LogP contribution in [0.5, 0.6) is 5.75 Å². The van der Waals surface area contributed by atoms with Crippen molar-refractivity contribution in [3.8, 4) is 5.75 Å². The average Bonchev–Trinajstić information content (AvgIpc) is 2.39. The Morgan fingerprint density at radius 3 is 2.63 bits per heavy atom. The van der Waals surface area contributed by atoms with E-state index in [0.29, 0.717) is 13.2 Å². The number of halogens is 2. The molecule has 2 nitrogen and oxygen atoms in total. The molecule has 0 fully saturated rings. The van der Waals surface area contributed by atoms with Gasteiger partial charge >= 0.3 is 0 Å². The first kappa shape index (κ1) is 14.4. The Morgan fingerprint density at radius 2 is 2.00 bits per heavy atom. The normalized spacial score (nSPS) is 10.5. The van der Waals surface area contributed by atoms with Gasteiger partial charge in [-0.2, -0.15) is 0 Å². The summed E-state index contributed by atoms with van der Waals surface area (Å²) in [5.41, 5.74) is 8.77. The van der Waals surface area contributed by atoms with Crippen LogP contribution in [0.2, 0.25) is 5.02 Å². The molecular weight excluding hydrogens is 326 g/mol. The molecule has 2 rings (SSSR count). The number of rotatable bonds is 4. The standard InChI is InChI=1S/C15H15BrClNO/c1-10-2-4-12(14(17)6-10)9-19-15-5-3-11(8-18)7-13(15)16/h2-7H,8-9,18H2,1H3. The third-order valence-electron chi connectivity index (χ3n) is 2.82. The predicted octanol–water partition coefficient (Wildman–Crippen LogP) is 4.45. The summed E-state index contributed by atoms with van der Waals surface area (Å²) in [6.45, 7) is 2.97. The van der Waals surface area contributed by atoms with E-state index in [1.54, 1.807) is 0 Å². The lowest BCUT2D eigenvalue weighted by Gasteiger charge is -2.10. The summed E-state index contributed by atoms with van der Waals surface area (Å²) < 4.78 is 6.67. The molecule has 2 N–H and O–H groups in total. The Morgan fingerprint density at radius 1 is 1.21 bits per heavy atom. The highest BCUT2D eigenvalue weighted by Gasteiger charge is 2.05. The predicted molar refractivity (Wildman–Crippen MR) is 82.6 cm³/mol. The molecule has 19 heavy (non-hydrogen) atoms. The highest BCUT2D eigenvalue weighted by molar-refractivity contribution is 9.10. The van der Waals surface area contributed by atoms with Crippen LogP contribution in [0, 0.1) is 6.92 Å². The summed E-state index contributed by atoms with van der Waals surface area (Å²) >= 11 is 9.65. The van der Waals surface area contributed by atoms with Crippen LogP contribution in [-0.4, -0.2) is 0 Å². The first-order valence-corrected chi connectivity index (χ1v) is 7.13. The first-order chi connectivity index (χ1) is 9.10. The molecule has 4 heteroatoms. The lowest BCUT2D eigenvalue weighted by molar-refractivity contribution is 0.304. The Hall–Kier alpha value is -1.03. The molecule has 2 aromatic carbocycles. The Kier molecular flexibility index (Phi) is 4.86. The maximum Gasteiger partial charge on any atom is 0.134 e. The number of ether oxygens (including phenoxy) is 1. The van der Waals surface area contributed by atoms with Gasteiger partial charge in [-0.3, -0.25) is 0 Å². The van der Waals surface area contributed by atoms with Crippen molar-refractivity contribution >= 4 is 27.5 Å². The van der Waals surface area contributed by atoms with E-state index in [1.165, 1.54) is 0 Å². The van der Waals surface area contributed by atoms with E-state index >= 15 is 0 Å². The van der Waals surface area contributed by atoms with Crippen molar-refractivity contribution < 1.29 is 4.74 Å². The molecule has 0 saturated heterocycles. The summed E-state index contributed by atoms with van der Waals surface area (Å²) in [7, 11) is 0. The maximum absolute atomic E-state index is 6.17. The van der Waals surface area contributed by atoms with Crippen LogP contribution < -0.4 is 10.5 Å². The van der Waals surface area contributed by atoms with Crippen LogP contribution in [-0.2, 0) is 13.2 Å². The summed E-state index contributed by atoms with van der Waals surface area (Å²) in [6, 6.07) is 11.8. The Balaban J connectivity index is 2.10. The molecule has 100 valence electrons. The maximum atomic E-state index is 6.17.